The van der Waals surface area contributed by atoms with Crippen molar-refractivity contribution in [2.45, 2.75) is 52.4 Å². The zero-order chi connectivity index (χ0) is 10.4. The molecule has 0 aromatic carbocycles. The molecule has 2 unspecified atom stereocenters. The van der Waals surface area contributed by atoms with Crippen LogP contribution in [0.2, 0.25) is 0 Å². The second kappa shape index (κ2) is 6.00. The van der Waals surface area contributed by atoms with E-state index in [1.165, 1.54) is 32.1 Å². The van der Waals surface area contributed by atoms with E-state index in [0.717, 1.165) is 6.42 Å². The van der Waals surface area contributed by atoms with Crippen LogP contribution >= 0.6 is 0 Å². The third-order valence-corrected chi connectivity index (χ3v) is 3.15. The van der Waals surface area contributed by atoms with Gasteiger partial charge in [-0.05, 0) is 30.8 Å². The topological polar surface area (TPSA) is 17.1 Å². The first kappa shape index (κ1) is 11.5. The summed E-state index contributed by atoms with van der Waals surface area (Å²) in [5.41, 5.74) is 0. The first-order valence-electron chi connectivity index (χ1n) is 5.99. The maximum Gasteiger partial charge on any atom is 0.155 e. The molecule has 0 fully saturated rings. The Hall–Kier alpha value is -0.590. The van der Waals surface area contributed by atoms with Crippen molar-refractivity contribution in [3.63, 3.8) is 0 Å². The van der Waals surface area contributed by atoms with Crippen LogP contribution in [0.5, 0.6) is 0 Å². The fourth-order valence-electron chi connectivity index (χ4n) is 2.32. The van der Waals surface area contributed by atoms with Crippen molar-refractivity contribution in [1.82, 2.24) is 0 Å². The maximum atomic E-state index is 11.3. The molecule has 0 saturated carbocycles. The number of ketones is 1. The van der Waals surface area contributed by atoms with Crippen LogP contribution in [-0.4, -0.2) is 5.78 Å². The Labute approximate surface area is 87.6 Å². The van der Waals surface area contributed by atoms with Gasteiger partial charge in [0, 0.05) is 6.42 Å². The summed E-state index contributed by atoms with van der Waals surface area (Å²) >= 11 is 0. The van der Waals surface area contributed by atoms with E-state index in [2.05, 4.69) is 19.9 Å². The van der Waals surface area contributed by atoms with Gasteiger partial charge in [-0.2, -0.15) is 0 Å². The number of unbranched alkanes of at least 4 members (excludes halogenated alkanes) is 1. The molecule has 0 radical (unpaired) electrons. The van der Waals surface area contributed by atoms with Crippen molar-refractivity contribution in [1.29, 1.82) is 0 Å². The van der Waals surface area contributed by atoms with E-state index < -0.39 is 0 Å². The van der Waals surface area contributed by atoms with Gasteiger partial charge in [-0.15, -0.1) is 0 Å². The van der Waals surface area contributed by atoms with Gasteiger partial charge in [0.1, 0.15) is 0 Å². The van der Waals surface area contributed by atoms with Crippen molar-refractivity contribution < 1.29 is 4.79 Å². The lowest BCUT2D eigenvalue weighted by molar-refractivity contribution is -0.116. The molecule has 1 aliphatic rings. The molecule has 80 valence electrons. The molecule has 0 heterocycles. The fraction of sp³-hybridized carbons (Fsp3) is 0.769. The zero-order valence-corrected chi connectivity index (χ0v) is 9.46. The van der Waals surface area contributed by atoms with Crippen LogP contribution in [0, 0.1) is 11.8 Å². The van der Waals surface area contributed by atoms with Crippen LogP contribution in [0.15, 0.2) is 12.2 Å². The predicted molar refractivity (Wildman–Crippen MR) is 60.2 cm³/mol. The number of hydrogen-bond acceptors (Lipinski definition) is 1. The fourth-order valence-corrected chi connectivity index (χ4v) is 2.32. The van der Waals surface area contributed by atoms with Gasteiger partial charge in [0.25, 0.3) is 0 Å². The summed E-state index contributed by atoms with van der Waals surface area (Å²) in [4.78, 5) is 11.3. The van der Waals surface area contributed by atoms with Crippen LogP contribution in [0.3, 0.4) is 0 Å². The standard InChI is InChI=1S/C13H22O/c1-3-5-7-11-8-9-13(14)10-12(11)6-4-2/h8-9,11-12H,3-7,10H2,1-2H3. The van der Waals surface area contributed by atoms with Crippen LogP contribution in [0.1, 0.15) is 52.4 Å². The van der Waals surface area contributed by atoms with E-state index in [4.69, 9.17) is 0 Å². The summed E-state index contributed by atoms with van der Waals surface area (Å²) in [7, 11) is 0. The Morgan fingerprint density at radius 1 is 1.29 bits per heavy atom. The minimum atomic E-state index is 0.330. The summed E-state index contributed by atoms with van der Waals surface area (Å²) < 4.78 is 0. The molecule has 0 saturated heterocycles. The van der Waals surface area contributed by atoms with Crippen LogP contribution < -0.4 is 0 Å². The quantitative estimate of drug-likeness (QED) is 0.651. The Morgan fingerprint density at radius 3 is 2.71 bits per heavy atom. The zero-order valence-electron chi connectivity index (χ0n) is 9.46. The van der Waals surface area contributed by atoms with E-state index in [-0.39, 0.29) is 0 Å². The van der Waals surface area contributed by atoms with E-state index in [0.29, 0.717) is 17.6 Å². The molecule has 1 rings (SSSR count). The largest absolute Gasteiger partial charge is 0.295 e. The van der Waals surface area contributed by atoms with Crippen LogP contribution in [0.25, 0.3) is 0 Å². The summed E-state index contributed by atoms with van der Waals surface area (Å²) in [6.07, 6.45) is 11.0. The Balaban J connectivity index is 2.50. The number of carbonyl (C=O) groups is 1. The summed E-state index contributed by atoms with van der Waals surface area (Å²) in [5, 5.41) is 0. The first-order chi connectivity index (χ1) is 6.77. The van der Waals surface area contributed by atoms with E-state index in [1.54, 1.807) is 6.08 Å². The van der Waals surface area contributed by atoms with Gasteiger partial charge in [0.15, 0.2) is 5.78 Å². The molecule has 14 heavy (non-hydrogen) atoms. The third-order valence-electron chi connectivity index (χ3n) is 3.15. The molecule has 1 heteroatoms. The molecule has 1 aliphatic carbocycles. The lowest BCUT2D eigenvalue weighted by atomic mass is 9.78. The molecular formula is C13H22O. The molecule has 0 N–H and O–H groups in total. The van der Waals surface area contributed by atoms with Crippen molar-refractivity contribution in [2.24, 2.45) is 11.8 Å². The van der Waals surface area contributed by atoms with E-state index in [9.17, 15) is 4.79 Å². The highest BCUT2D eigenvalue weighted by Crippen LogP contribution is 2.30. The van der Waals surface area contributed by atoms with E-state index >= 15 is 0 Å². The lowest BCUT2D eigenvalue weighted by Crippen LogP contribution is -2.20. The Morgan fingerprint density at radius 2 is 2.07 bits per heavy atom. The van der Waals surface area contributed by atoms with Gasteiger partial charge in [-0.25, -0.2) is 0 Å². The number of carbonyl (C=O) groups excluding carboxylic acids is 1. The predicted octanol–water partition coefficient (Wildman–Crippen LogP) is 3.74. The summed E-state index contributed by atoms with van der Waals surface area (Å²) in [5.74, 6) is 1.63. The van der Waals surface area contributed by atoms with Crippen LogP contribution in [-0.2, 0) is 4.79 Å². The summed E-state index contributed by atoms with van der Waals surface area (Å²) in [6.45, 7) is 4.44. The number of rotatable bonds is 5. The third kappa shape index (κ3) is 3.28. The Bertz CT molecular complexity index is 205. The molecule has 0 aromatic rings. The minimum Gasteiger partial charge on any atom is -0.295 e. The number of hydrogen-bond donors (Lipinski definition) is 0. The van der Waals surface area contributed by atoms with Crippen molar-refractivity contribution >= 4 is 5.78 Å². The van der Waals surface area contributed by atoms with Gasteiger partial charge in [0.05, 0.1) is 0 Å². The second-order valence-corrected chi connectivity index (χ2v) is 4.38. The van der Waals surface area contributed by atoms with Crippen LogP contribution in [0.4, 0.5) is 0 Å². The van der Waals surface area contributed by atoms with Crippen molar-refractivity contribution in [3.05, 3.63) is 12.2 Å². The molecule has 0 aliphatic heterocycles. The Kier molecular flexibility index (Phi) is 4.92. The van der Waals surface area contributed by atoms with Gasteiger partial charge >= 0.3 is 0 Å². The molecule has 0 amide bonds. The van der Waals surface area contributed by atoms with Gasteiger partial charge in [-0.1, -0.05) is 39.2 Å². The minimum absolute atomic E-state index is 0.330. The maximum absolute atomic E-state index is 11.3. The molecule has 0 aromatic heterocycles. The average Bonchev–Trinajstić information content (AvgIpc) is 2.17. The van der Waals surface area contributed by atoms with E-state index in [1.807, 2.05) is 0 Å². The van der Waals surface area contributed by atoms with Gasteiger partial charge in [-0.3, -0.25) is 4.79 Å². The van der Waals surface area contributed by atoms with Crippen molar-refractivity contribution in [3.8, 4) is 0 Å². The molecule has 1 nitrogen and oxygen atoms in total. The van der Waals surface area contributed by atoms with Crippen molar-refractivity contribution in [2.75, 3.05) is 0 Å². The van der Waals surface area contributed by atoms with Gasteiger partial charge < -0.3 is 0 Å². The highest BCUT2D eigenvalue weighted by Gasteiger charge is 2.23. The highest BCUT2D eigenvalue weighted by molar-refractivity contribution is 5.90. The molecule has 0 spiro atoms. The molecule has 2 atom stereocenters. The summed E-state index contributed by atoms with van der Waals surface area (Å²) in [6, 6.07) is 0. The normalized spacial score (nSPS) is 26.9. The highest BCUT2D eigenvalue weighted by atomic mass is 16.1. The monoisotopic (exact) mass is 194 g/mol. The average molecular weight is 194 g/mol. The second-order valence-electron chi connectivity index (χ2n) is 4.38. The number of allylic oxidation sites excluding steroid dienone is 2. The first-order valence-corrected chi connectivity index (χ1v) is 5.99. The molecule has 0 bridgehead atoms. The smallest absolute Gasteiger partial charge is 0.155 e. The molecular weight excluding hydrogens is 172 g/mol. The lowest BCUT2D eigenvalue weighted by Gasteiger charge is -2.26. The SMILES string of the molecule is CCCCC1C=CC(=O)CC1CCC. The van der Waals surface area contributed by atoms with Gasteiger partial charge in [0.2, 0.25) is 0 Å².